The SMILES string of the molecule is NC1CCN(c2nc3ncc(Sc4cccnc4C(F)(F)F)nc3[nH]2)C1. The summed E-state index contributed by atoms with van der Waals surface area (Å²) in [5, 5.41) is 0.323. The average Bonchev–Trinajstić information content (AvgIpc) is 3.20. The molecule has 1 fully saturated rings. The number of pyridine rings is 1. The fourth-order valence-corrected chi connectivity index (χ4v) is 3.62. The molecule has 3 aromatic rings. The number of aromatic nitrogens is 5. The van der Waals surface area contributed by atoms with E-state index in [9.17, 15) is 13.2 Å². The number of H-pyrrole nitrogens is 1. The Morgan fingerprint density at radius 2 is 2.12 bits per heavy atom. The van der Waals surface area contributed by atoms with Crippen molar-refractivity contribution in [2.75, 3.05) is 18.0 Å². The van der Waals surface area contributed by atoms with Crippen LogP contribution in [0.2, 0.25) is 0 Å². The molecule has 1 aliphatic heterocycles. The maximum Gasteiger partial charge on any atom is 0.434 e. The van der Waals surface area contributed by atoms with Crippen LogP contribution in [0.3, 0.4) is 0 Å². The molecule has 0 spiro atoms. The van der Waals surface area contributed by atoms with Crippen molar-refractivity contribution in [1.82, 2.24) is 24.9 Å². The van der Waals surface area contributed by atoms with E-state index >= 15 is 0 Å². The van der Waals surface area contributed by atoms with E-state index in [-0.39, 0.29) is 10.9 Å². The molecule has 1 unspecified atom stereocenters. The van der Waals surface area contributed by atoms with Crippen molar-refractivity contribution in [3.8, 4) is 0 Å². The Morgan fingerprint density at radius 1 is 1.27 bits per heavy atom. The van der Waals surface area contributed by atoms with Gasteiger partial charge in [0.2, 0.25) is 5.95 Å². The first kappa shape index (κ1) is 17.0. The number of fused-ring (bicyclic) bond motifs is 1. The van der Waals surface area contributed by atoms with Gasteiger partial charge in [-0.3, -0.25) is 4.98 Å². The Hall–Kier alpha value is -2.40. The van der Waals surface area contributed by atoms with Gasteiger partial charge in [0.15, 0.2) is 17.0 Å². The van der Waals surface area contributed by atoms with Crippen molar-refractivity contribution in [2.24, 2.45) is 5.73 Å². The highest BCUT2D eigenvalue weighted by Crippen LogP contribution is 2.37. The Labute approximate surface area is 150 Å². The molecular weight excluding hydrogens is 367 g/mol. The molecule has 11 heteroatoms. The lowest BCUT2D eigenvalue weighted by molar-refractivity contribution is -0.143. The van der Waals surface area contributed by atoms with Gasteiger partial charge in [0, 0.05) is 30.2 Å². The number of nitrogens with two attached hydrogens (primary N) is 1. The summed E-state index contributed by atoms with van der Waals surface area (Å²) in [5.74, 6) is 0.618. The van der Waals surface area contributed by atoms with Gasteiger partial charge in [-0.1, -0.05) is 11.8 Å². The summed E-state index contributed by atoms with van der Waals surface area (Å²) >= 11 is 0.860. The van der Waals surface area contributed by atoms with Crippen LogP contribution in [0.25, 0.3) is 11.3 Å². The monoisotopic (exact) mass is 381 g/mol. The molecule has 26 heavy (non-hydrogen) atoms. The number of aromatic amines is 1. The summed E-state index contributed by atoms with van der Waals surface area (Å²) in [4.78, 5) is 21.4. The molecule has 0 aliphatic carbocycles. The minimum Gasteiger partial charge on any atom is -0.341 e. The Bertz CT molecular complexity index is 942. The number of rotatable bonds is 3. The third-order valence-corrected chi connectivity index (χ3v) is 4.91. The lowest BCUT2D eigenvalue weighted by Gasteiger charge is -2.12. The number of imidazole rings is 1. The highest BCUT2D eigenvalue weighted by atomic mass is 32.2. The second-order valence-electron chi connectivity index (χ2n) is 5.89. The molecular formula is C15H14F3N7S. The molecule has 7 nitrogen and oxygen atoms in total. The lowest BCUT2D eigenvalue weighted by atomic mass is 10.3. The van der Waals surface area contributed by atoms with Gasteiger partial charge in [0.1, 0.15) is 5.03 Å². The Kier molecular flexibility index (Phi) is 4.19. The first-order chi connectivity index (χ1) is 12.4. The van der Waals surface area contributed by atoms with E-state index in [4.69, 9.17) is 5.73 Å². The highest BCUT2D eigenvalue weighted by molar-refractivity contribution is 7.99. The third-order valence-electron chi connectivity index (χ3n) is 3.95. The fraction of sp³-hybridized carbons (Fsp3) is 0.333. The number of nitrogens with zero attached hydrogens (tertiary/aromatic N) is 5. The number of anilines is 1. The molecule has 4 heterocycles. The van der Waals surface area contributed by atoms with E-state index in [1.165, 1.54) is 18.3 Å². The molecule has 3 N–H and O–H groups in total. The van der Waals surface area contributed by atoms with Crippen molar-refractivity contribution in [3.05, 3.63) is 30.2 Å². The van der Waals surface area contributed by atoms with Crippen molar-refractivity contribution >= 4 is 29.0 Å². The minimum atomic E-state index is -4.53. The van der Waals surface area contributed by atoms with Crippen LogP contribution in [0.1, 0.15) is 12.1 Å². The molecule has 4 rings (SSSR count). The first-order valence-electron chi connectivity index (χ1n) is 7.83. The first-order valence-corrected chi connectivity index (χ1v) is 8.65. The van der Waals surface area contributed by atoms with Crippen LogP contribution in [-0.2, 0) is 6.18 Å². The van der Waals surface area contributed by atoms with Gasteiger partial charge in [-0.25, -0.2) is 9.97 Å². The quantitative estimate of drug-likeness (QED) is 0.719. The second kappa shape index (κ2) is 6.40. The van der Waals surface area contributed by atoms with Gasteiger partial charge in [-0.2, -0.15) is 18.2 Å². The summed E-state index contributed by atoms with van der Waals surface area (Å²) in [6, 6.07) is 2.91. The smallest absolute Gasteiger partial charge is 0.341 e. The topological polar surface area (TPSA) is 96.6 Å². The summed E-state index contributed by atoms with van der Waals surface area (Å²) in [6.07, 6.45) is -1.14. The largest absolute Gasteiger partial charge is 0.434 e. The van der Waals surface area contributed by atoms with Gasteiger partial charge >= 0.3 is 6.18 Å². The molecule has 1 aliphatic rings. The van der Waals surface area contributed by atoms with Crippen LogP contribution >= 0.6 is 11.8 Å². The van der Waals surface area contributed by atoms with Gasteiger partial charge in [0.05, 0.1) is 6.20 Å². The van der Waals surface area contributed by atoms with Crippen LogP contribution in [0.5, 0.6) is 0 Å². The predicted molar refractivity (Wildman–Crippen MR) is 89.9 cm³/mol. The number of hydrogen-bond acceptors (Lipinski definition) is 7. The van der Waals surface area contributed by atoms with Gasteiger partial charge < -0.3 is 15.6 Å². The number of hydrogen-bond donors (Lipinski definition) is 2. The molecule has 3 aromatic heterocycles. The van der Waals surface area contributed by atoms with Crippen LogP contribution in [0.15, 0.2) is 34.4 Å². The van der Waals surface area contributed by atoms with E-state index in [2.05, 4.69) is 24.9 Å². The summed E-state index contributed by atoms with van der Waals surface area (Å²) < 4.78 is 39.2. The fourth-order valence-electron chi connectivity index (χ4n) is 2.74. The van der Waals surface area contributed by atoms with Crippen molar-refractivity contribution in [1.29, 1.82) is 0 Å². The molecule has 0 radical (unpaired) electrons. The summed E-state index contributed by atoms with van der Waals surface area (Å²) in [6.45, 7) is 1.47. The normalized spacial score (nSPS) is 18.0. The maximum atomic E-state index is 13.1. The van der Waals surface area contributed by atoms with Crippen molar-refractivity contribution in [3.63, 3.8) is 0 Å². The number of halogens is 3. The zero-order valence-corrected chi connectivity index (χ0v) is 14.2. The van der Waals surface area contributed by atoms with Gasteiger partial charge in [0.25, 0.3) is 0 Å². The Balaban J connectivity index is 1.62. The lowest BCUT2D eigenvalue weighted by Crippen LogP contribution is -2.26. The van der Waals surface area contributed by atoms with E-state index in [0.29, 0.717) is 28.8 Å². The van der Waals surface area contributed by atoms with E-state index in [0.717, 1.165) is 30.9 Å². The molecule has 0 saturated carbocycles. The minimum absolute atomic E-state index is 0.0288. The van der Waals surface area contributed by atoms with Crippen molar-refractivity contribution in [2.45, 2.75) is 28.6 Å². The van der Waals surface area contributed by atoms with Crippen LogP contribution in [-0.4, -0.2) is 44.1 Å². The van der Waals surface area contributed by atoms with Gasteiger partial charge in [-0.05, 0) is 18.6 Å². The van der Waals surface area contributed by atoms with E-state index in [1.807, 2.05) is 4.90 Å². The standard InChI is InChI=1S/C15H14F3N7S/c16-15(17,18)11-9(2-1-4-20-11)26-10-6-21-12-13(22-10)24-14(23-12)25-5-3-8(19)7-25/h1-2,4,6,8H,3,5,7,19H2,(H,21,22,23,24). The van der Waals surface area contributed by atoms with E-state index in [1.54, 1.807) is 0 Å². The highest BCUT2D eigenvalue weighted by Gasteiger charge is 2.35. The molecule has 0 aromatic carbocycles. The van der Waals surface area contributed by atoms with Crippen LogP contribution < -0.4 is 10.6 Å². The summed E-state index contributed by atoms with van der Waals surface area (Å²) in [5.41, 5.74) is 5.79. The molecule has 1 atom stereocenters. The van der Waals surface area contributed by atoms with Gasteiger partial charge in [-0.15, -0.1) is 0 Å². The van der Waals surface area contributed by atoms with Crippen molar-refractivity contribution < 1.29 is 13.2 Å². The molecule has 136 valence electrons. The second-order valence-corrected chi connectivity index (χ2v) is 6.95. The molecule has 1 saturated heterocycles. The zero-order chi connectivity index (χ0) is 18.3. The molecule has 0 bridgehead atoms. The van der Waals surface area contributed by atoms with Crippen LogP contribution in [0.4, 0.5) is 19.1 Å². The van der Waals surface area contributed by atoms with E-state index < -0.39 is 11.9 Å². The number of alkyl halides is 3. The molecule has 0 amide bonds. The van der Waals surface area contributed by atoms with Crippen LogP contribution in [0, 0.1) is 0 Å². The average molecular weight is 381 g/mol. The zero-order valence-electron chi connectivity index (χ0n) is 13.4. The summed E-state index contributed by atoms with van der Waals surface area (Å²) in [7, 11) is 0. The Morgan fingerprint density at radius 3 is 2.85 bits per heavy atom. The predicted octanol–water partition coefficient (Wildman–Crippen LogP) is 2.46. The maximum absolute atomic E-state index is 13.1. The third kappa shape index (κ3) is 3.31. The number of nitrogens with one attached hydrogen (secondary N) is 1.